The summed E-state index contributed by atoms with van der Waals surface area (Å²) >= 11 is 0. The van der Waals surface area contributed by atoms with Gasteiger partial charge in [-0.05, 0) is 0 Å². The van der Waals surface area contributed by atoms with E-state index < -0.39 is 0 Å². The van der Waals surface area contributed by atoms with E-state index in [2.05, 4.69) is 0 Å². The van der Waals surface area contributed by atoms with Gasteiger partial charge in [0.2, 0.25) is 0 Å². The summed E-state index contributed by atoms with van der Waals surface area (Å²) in [5.41, 5.74) is 0. The molecule has 1 rings (SSSR count). The minimum absolute atomic E-state index is 0. The van der Waals surface area contributed by atoms with E-state index in [9.17, 15) is 0 Å². The van der Waals surface area contributed by atoms with Gasteiger partial charge < -0.3 is 29.8 Å². The van der Waals surface area contributed by atoms with Gasteiger partial charge in [-0.3, -0.25) is 0 Å². The maximum Gasteiger partial charge on any atom is 1.00 e. The van der Waals surface area contributed by atoms with Gasteiger partial charge in [-0.2, -0.15) is 0 Å². The predicted octanol–water partition coefficient (Wildman–Crippen LogP) is -2.78. The Labute approximate surface area is 175 Å². The van der Waals surface area contributed by atoms with Crippen molar-refractivity contribution in [3.05, 3.63) is 0 Å². The minimum atomic E-state index is 0. The average molecular weight is 398 g/mol. The third kappa shape index (κ3) is 16.0. The number of rotatable bonds is 0. The zero-order valence-corrected chi connectivity index (χ0v) is 18.2. The fourth-order valence-corrected chi connectivity index (χ4v) is 1.32. The standard InChI is InChI=1S/C12H24O6.Cs.H/c1-2-14-5-6-16-9-10-18-12-11-17-8-7-15-4-3-13-1;;/h1-12H2;;/q;+1;-1. The second-order valence-electron chi connectivity index (χ2n) is 3.67. The summed E-state index contributed by atoms with van der Waals surface area (Å²) in [4.78, 5) is 0. The van der Waals surface area contributed by atoms with Crippen LogP contribution >= 0.6 is 0 Å². The van der Waals surface area contributed by atoms with E-state index in [-0.39, 0.29) is 70.3 Å². The Balaban J connectivity index is 0. The number of ether oxygens (including phenoxy) is 6. The van der Waals surface area contributed by atoms with Gasteiger partial charge in [-0.1, -0.05) is 0 Å². The summed E-state index contributed by atoms with van der Waals surface area (Å²) < 4.78 is 32.0. The van der Waals surface area contributed by atoms with E-state index >= 15 is 0 Å². The van der Waals surface area contributed by atoms with Gasteiger partial charge in [0.25, 0.3) is 0 Å². The van der Waals surface area contributed by atoms with E-state index in [1.54, 1.807) is 0 Å². The van der Waals surface area contributed by atoms with Crippen LogP contribution in [0.1, 0.15) is 1.43 Å². The molecule has 110 valence electrons. The molecule has 1 aliphatic heterocycles. The Kier molecular flexibility index (Phi) is 19.6. The fraction of sp³-hybridized carbons (Fsp3) is 1.00. The molecule has 1 aliphatic rings. The van der Waals surface area contributed by atoms with Crippen molar-refractivity contribution in [2.24, 2.45) is 0 Å². The largest absolute Gasteiger partial charge is 1.00 e. The second-order valence-corrected chi connectivity index (χ2v) is 3.67. The normalized spacial score (nSPS) is 22.7. The first-order valence-corrected chi connectivity index (χ1v) is 6.46. The Bertz CT molecular complexity index is 103. The molecule has 7 heteroatoms. The molecule has 6 nitrogen and oxygen atoms in total. The Hall–Kier alpha value is 1.81. The van der Waals surface area contributed by atoms with Crippen molar-refractivity contribution in [2.45, 2.75) is 0 Å². The molecule has 0 radical (unpaired) electrons. The first-order valence-electron chi connectivity index (χ1n) is 6.46. The van der Waals surface area contributed by atoms with Crippen LogP contribution in [0.5, 0.6) is 0 Å². The van der Waals surface area contributed by atoms with Crippen molar-refractivity contribution in [1.29, 1.82) is 0 Å². The third-order valence-electron chi connectivity index (χ3n) is 2.23. The van der Waals surface area contributed by atoms with Gasteiger partial charge in [0.1, 0.15) is 0 Å². The minimum Gasteiger partial charge on any atom is -1.00 e. The summed E-state index contributed by atoms with van der Waals surface area (Å²) in [6, 6.07) is 0. The van der Waals surface area contributed by atoms with E-state index in [1.165, 1.54) is 0 Å². The molecule has 1 heterocycles. The molecule has 1 saturated heterocycles. The Morgan fingerprint density at radius 3 is 0.526 bits per heavy atom. The molecule has 0 amide bonds. The summed E-state index contributed by atoms with van der Waals surface area (Å²) in [7, 11) is 0. The van der Waals surface area contributed by atoms with Crippen LogP contribution in [0.25, 0.3) is 0 Å². The first-order chi connectivity index (χ1) is 9.00. The molecule has 0 aromatic rings. The zero-order valence-electron chi connectivity index (χ0n) is 12.9. The monoisotopic (exact) mass is 398 g/mol. The summed E-state index contributed by atoms with van der Waals surface area (Å²) in [6.07, 6.45) is 0. The summed E-state index contributed by atoms with van der Waals surface area (Å²) in [5, 5.41) is 0. The molecule has 0 unspecified atom stereocenters. The van der Waals surface area contributed by atoms with Crippen molar-refractivity contribution >= 4 is 0 Å². The van der Waals surface area contributed by atoms with Gasteiger partial charge in [-0.15, -0.1) is 0 Å². The first kappa shape index (κ1) is 20.8. The Morgan fingerprint density at radius 1 is 0.316 bits per heavy atom. The molecule has 0 atom stereocenters. The van der Waals surface area contributed by atoms with Crippen molar-refractivity contribution in [3.8, 4) is 0 Å². The molecule has 0 spiro atoms. The van der Waals surface area contributed by atoms with Crippen LogP contribution in [0.3, 0.4) is 0 Å². The maximum atomic E-state index is 5.33. The molecule has 0 bridgehead atoms. The van der Waals surface area contributed by atoms with Gasteiger partial charge in [0.05, 0.1) is 79.3 Å². The van der Waals surface area contributed by atoms with Crippen molar-refractivity contribution in [1.82, 2.24) is 0 Å². The van der Waals surface area contributed by atoms with Gasteiger partial charge >= 0.3 is 68.9 Å². The van der Waals surface area contributed by atoms with E-state index in [0.29, 0.717) is 79.3 Å². The maximum absolute atomic E-state index is 5.33. The van der Waals surface area contributed by atoms with E-state index in [4.69, 9.17) is 28.4 Å². The molecule has 19 heavy (non-hydrogen) atoms. The molecular formula is C12H25CsO6. The molecule has 0 saturated carbocycles. The summed E-state index contributed by atoms with van der Waals surface area (Å²) in [6.45, 7) is 7.04. The van der Waals surface area contributed by atoms with E-state index in [0.717, 1.165) is 0 Å². The fourth-order valence-electron chi connectivity index (χ4n) is 1.32. The summed E-state index contributed by atoms with van der Waals surface area (Å²) in [5.74, 6) is 0. The molecule has 1 fully saturated rings. The topological polar surface area (TPSA) is 55.4 Å². The van der Waals surface area contributed by atoms with Crippen molar-refractivity contribution < 1.29 is 98.7 Å². The van der Waals surface area contributed by atoms with Crippen LogP contribution in [0.15, 0.2) is 0 Å². The van der Waals surface area contributed by atoms with Crippen molar-refractivity contribution in [2.75, 3.05) is 79.3 Å². The van der Waals surface area contributed by atoms with Crippen LogP contribution in [0.2, 0.25) is 0 Å². The molecule has 0 aromatic heterocycles. The van der Waals surface area contributed by atoms with Crippen LogP contribution in [-0.4, -0.2) is 79.3 Å². The molecule has 0 N–H and O–H groups in total. The van der Waals surface area contributed by atoms with Crippen molar-refractivity contribution in [3.63, 3.8) is 0 Å². The predicted molar refractivity (Wildman–Crippen MR) is 66.0 cm³/mol. The quantitative estimate of drug-likeness (QED) is 0.440. The molecule has 0 aromatic carbocycles. The van der Waals surface area contributed by atoms with Crippen LogP contribution in [0, 0.1) is 0 Å². The number of hydrogen-bond acceptors (Lipinski definition) is 6. The van der Waals surface area contributed by atoms with Gasteiger partial charge in [-0.25, -0.2) is 0 Å². The molecular weight excluding hydrogens is 373 g/mol. The van der Waals surface area contributed by atoms with Crippen LogP contribution < -0.4 is 68.9 Å². The SMILES string of the molecule is C1COCCOCCOCCOCCOCCO1.[Cs+].[H-]. The van der Waals surface area contributed by atoms with Crippen LogP contribution in [0.4, 0.5) is 0 Å². The zero-order chi connectivity index (χ0) is 12.7. The average Bonchev–Trinajstić information content (AvgIpc) is 2.39. The smallest absolute Gasteiger partial charge is 1.00 e. The Morgan fingerprint density at radius 2 is 0.421 bits per heavy atom. The van der Waals surface area contributed by atoms with Crippen LogP contribution in [-0.2, 0) is 28.4 Å². The molecule has 0 aliphatic carbocycles. The third-order valence-corrected chi connectivity index (χ3v) is 2.23. The van der Waals surface area contributed by atoms with Gasteiger partial charge in [0, 0.05) is 0 Å². The number of hydrogen-bond donors (Lipinski definition) is 0. The van der Waals surface area contributed by atoms with E-state index in [1.807, 2.05) is 0 Å². The van der Waals surface area contributed by atoms with Gasteiger partial charge in [0.15, 0.2) is 0 Å². The second kappa shape index (κ2) is 17.9.